The van der Waals surface area contributed by atoms with E-state index >= 15 is 0 Å². The zero-order valence-electron chi connectivity index (χ0n) is 15.9. The first-order valence-corrected chi connectivity index (χ1v) is 8.86. The van der Waals surface area contributed by atoms with Crippen molar-refractivity contribution < 1.29 is 35.7 Å². The Morgan fingerprint density at radius 1 is 1.10 bits per heavy atom. The molecule has 166 valence electrons. The highest BCUT2D eigenvalue weighted by Crippen LogP contribution is 2.30. The fourth-order valence-corrected chi connectivity index (χ4v) is 2.62. The predicted molar refractivity (Wildman–Crippen MR) is 93.7 cm³/mol. The van der Waals surface area contributed by atoms with E-state index in [9.17, 15) is 31.1 Å². The van der Waals surface area contributed by atoms with Crippen LogP contribution in [0.2, 0.25) is 0 Å². The van der Waals surface area contributed by atoms with Gasteiger partial charge in [-0.15, -0.1) is 0 Å². The Kier molecular flexibility index (Phi) is 6.04. The van der Waals surface area contributed by atoms with E-state index in [0.717, 1.165) is 30.3 Å². The number of alkyl halides is 6. The molecule has 2 aromatic heterocycles. The number of carbonyl (C=O) groups excluding carboxylic acids is 1. The number of hydrogen-bond acceptors (Lipinski definition) is 5. The van der Waals surface area contributed by atoms with Crippen LogP contribution < -0.4 is 5.32 Å². The molecule has 0 aliphatic rings. The topological polar surface area (TPSA) is 85.8 Å². The zero-order valence-corrected chi connectivity index (χ0v) is 15.9. The minimum atomic E-state index is -4.53. The van der Waals surface area contributed by atoms with E-state index in [-0.39, 0.29) is 30.9 Å². The average Bonchev–Trinajstić information content (AvgIpc) is 3.31. The molecule has 13 heteroatoms. The van der Waals surface area contributed by atoms with Gasteiger partial charge >= 0.3 is 24.2 Å². The normalized spacial score (nSPS) is 12.2. The number of rotatable bonds is 6. The maximum Gasteiger partial charge on any atom is 0.435 e. The van der Waals surface area contributed by atoms with Gasteiger partial charge in [-0.3, -0.25) is 9.48 Å². The molecule has 3 aromatic rings. The van der Waals surface area contributed by atoms with E-state index in [0.29, 0.717) is 5.69 Å². The summed E-state index contributed by atoms with van der Waals surface area (Å²) in [7, 11) is 0. The van der Waals surface area contributed by atoms with Crippen molar-refractivity contribution in [3.05, 3.63) is 53.2 Å². The van der Waals surface area contributed by atoms with E-state index in [2.05, 4.69) is 20.6 Å². The Balaban J connectivity index is 1.53. The minimum Gasteiger partial charge on any atom is -0.348 e. The molecule has 31 heavy (non-hydrogen) atoms. The lowest BCUT2D eigenvalue weighted by Crippen LogP contribution is -2.25. The van der Waals surface area contributed by atoms with Crippen LogP contribution in [0.15, 0.2) is 34.9 Å². The molecule has 0 saturated carbocycles. The van der Waals surface area contributed by atoms with Gasteiger partial charge in [0.1, 0.15) is 0 Å². The van der Waals surface area contributed by atoms with Crippen LogP contribution in [0.25, 0.3) is 11.4 Å². The monoisotopic (exact) mass is 447 g/mol. The average molecular weight is 447 g/mol. The van der Waals surface area contributed by atoms with Gasteiger partial charge in [0.2, 0.25) is 5.82 Å². The van der Waals surface area contributed by atoms with Crippen LogP contribution in [0.5, 0.6) is 0 Å². The molecular weight excluding hydrogens is 432 g/mol. The van der Waals surface area contributed by atoms with Crippen LogP contribution in [0.4, 0.5) is 26.3 Å². The minimum absolute atomic E-state index is 0.0641. The number of nitrogens with one attached hydrogen (secondary N) is 1. The van der Waals surface area contributed by atoms with Gasteiger partial charge in [0.25, 0.3) is 0 Å². The third-order valence-corrected chi connectivity index (χ3v) is 4.19. The highest BCUT2D eigenvalue weighted by molar-refractivity contribution is 5.89. The van der Waals surface area contributed by atoms with Crippen LogP contribution in [0.1, 0.15) is 34.1 Å². The van der Waals surface area contributed by atoms with Crippen molar-refractivity contribution >= 4 is 5.91 Å². The summed E-state index contributed by atoms with van der Waals surface area (Å²) in [5.74, 6) is -1.19. The fourth-order valence-electron chi connectivity index (χ4n) is 2.62. The molecule has 0 bridgehead atoms. The van der Waals surface area contributed by atoms with E-state index in [1.165, 1.54) is 11.6 Å². The molecule has 2 heterocycles. The smallest absolute Gasteiger partial charge is 0.348 e. The molecule has 1 amide bonds. The van der Waals surface area contributed by atoms with Crippen LogP contribution in [-0.2, 0) is 18.9 Å². The van der Waals surface area contributed by atoms with Crippen LogP contribution in [0.3, 0.4) is 0 Å². The second-order valence-electron chi connectivity index (χ2n) is 6.50. The third kappa shape index (κ3) is 5.41. The zero-order chi connectivity index (χ0) is 22.8. The number of hydrogen-bond donors (Lipinski definition) is 1. The summed E-state index contributed by atoms with van der Waals surface area (Å²) in [5, 5.41) is 9.52. The molecule has 0 saturated heterocycles. The number of halogens is 6. The Bertz CT molecular complexity index is 1050. The molecule has 0 aliphatic carbocycles. The largest absolute Gasteiger partial charge is 0.435 e. The van der Waals surface area contributed by atoms with Crippen molar-refractivity contribution in [3.8, 4) is 11.4 Å². The predicted octanol–water partition coefficient (Wildman–Crippen LogP) is 4.10. The molecule has 3 rings (SSSR count). The second-order valence-corrected chi connectivity index (χ2v) is 6.50. The van der Waals surface area contributed by atoms with Crippen molar-refractivity contribution in [2.45, 2.75) is 32.2 Å². The van der Waals surface area contributed by atoms with E-state index in [1.807, 2.05) is 0 Å². The van der Waals surface area contributed by atoms with Gasteiger partial charge in [0.15, 0.2) is 5.69 Å². The van der Waals surface area contributed by atoms with Crippen LogP contribution in [0, 0.1) is 6.92 Å². The van der Waals surface area contributed by atoms with Gasteiger partial charge in [-0.05, 0) is 31.5 Å². The van der Waals surface area contributed by atoms with Crippen LogP contribution in [-0.4, -0.2) is 32.4 Å². The SMILES string of the molecule is Cc1cc(C(F)(F)F)nn1CCCNC(=O)c1nc(-c2ccc(C(F)(F)F)cc2)no1. The number of aryl methyl sites for hydroxylation is 2. The molecule has 1 N–H and O–H groups in total. The van der Waals surface area contributed by atoms with E-state index in [1.54, 1.807) is 0 Å². The molecule has 0 radical (unpaired) electrons. The molecular formula is C18H15F6N5O2. The van der Waals surface area contributed by atoms with E-state index in [4.69, 9.17) is 4.52 Å². The van der Waals surface area contributed by atoms with Crippen molar-refractivity contribution in [1.82, 2.24) is 25.2 Å². The summed E-state index contributed by atoms with van der Waals surface area (Å²) in [6.45, 7) is 1.72. The van der Waals surface area contributed by atoms with Crippen LogP contribution >= 0.6 is 0 Å². The fraction of sp³-hybridized carbons (Fsp3) is 0.333. The molecule has 0 unspecified atom stereocenters. The first-order chi connectivity index (χ1) is 14.4. The van der Waals surface area contributed by atoms with Gasteiger partial charge in [-0.2, -0.15) is 36.4 Å². The summed E-state index contributed by atoms with van der Waals surface area (Å²) >= 11 is 0. The Morgan fingerprint density at radius 2 is 1.77 bits per heavy atom. The van der Waals surface area contributed by atoms with Crippen molar-refractivity contribution in [2.24, 2.45) is 0 Å². The highest BCUT2D eigenvalue weighted by Gasteiger charge is 2.34. The number of carbonyl (C=O) groups is 1. The quantitative estimate of drug-likeness (QED) is 0.454. The first kappa shape index (κ1) is 22.3. The number of amides is 1. The Labute approximate surface area is 171 Å². The summed E-state index contributed by atoms with van der Waals surface area (Å²) in [5.41, 5.74) is -1.27. The Hall–Kier alpha value is -3.38. The van der Waals surface area contributed by atoms with Crippen molar-refractivity contribution in [1.29, 1.82) is 0 Å². The van der Waals surface area contributed by atoms with Gasteiger partial charge in [-0.1, -0.05) is 17.3 Å². The lowest BCUT2D eigenvalue weighted by atomic mass is 10.1. The maximum atomic E-state index is 12.7. The van der Waals surface area contributed by atoms with Crippen molar-refractivity contribution in [3.63, 3.8) is 0 Å². The molecule has 0 fully saturated rings. The first-order valence-electron chi connectivity index (χ1n) is 8.86. The molecule has 1 aromatic carbocycles. The summed E-state index contributed by atoms with van der Waals surface area (Å²) < 4.78 is 81.8. The lowest BCUT2D eigenvalue weighted by Gasteiger charge is -2.06. The highest BCUT2D eigenvalue weighted by atomic mass is 19.4. The van der Waals surface area contributed by atoms with Crippen molar-refractivity contribution in [2.75, 3.05) is 6.54 Å². The lowest BCUT2D eigenvalue weighted by molar-refractivity contribution is -0.141. The summed E-state index contributed by atoms with van der Waals surface area (Å²) in [6, 6.07) is 4.94. The standard InChI is InChI=1S/C18H15F6N5O2/c1-10-9-13(18(22,23)24)27-29(10)8-2-7-25-15(30)16-26-14(28-31-16)11-3-5-12(6-4-11)17(19,20)21/h3-6,9H,2,7-8H2,1H3,(H,25,30). The van der Waals surface area contributed by atoms with Gasteiger partial charge in [0, 0.05) is 24.3 Å². The second kappa shape index (κ2) is 8.40. The maximum absolute atomic E-state index is 12.7. The van der Waals surface area contributed by atoms with Gasteiger partial charge in [-0.25, -0.2) is 0 Å². The van der Waals surface area contributed by atoms with Gasteiger partial charge < -0.3 is 9.84 Å². The molecule has 0 aliphatic heterocycles. The summed E-state index contributed by atoms with van der Waals surface area (Å²) in [6.07, 6.45) is -8.73. The van der Waals surface area contributed by atoms with Gasteiger partial charge in [0.05, 0.1) is 5.56 Å². The molecule has 0 atom stereocenters. The molecule has 7 nitrogen and oxygen atoms in total. The van der Waals surface area contributed by atoms with E-state index < -0.39 is 35.4 Å². The third-order valence-electron chi connectivity index (χ3n) is 4.19. The number of nitrogens with zero attached hydrogens (tertiary/aromatic N) is 4. The number of aromatic nitrogens is 4. The molecule has 0 spiro atoms. The summed E-state index contributed by atoms with van der Waals surface area (Å²) in [4.78, 5) is 15.9. The number of benzene rings is 1. The Morgan fingerprint density at radius 3 is 2.35 bits per heavy atom.